The molecule has 0 fully saturated rings. The molecule has 0 aliphatic heterocycles. The summed E-state index contributed by atoms with van der Waals surface area (Å²) in [6, 6.07) is 12.8. The van der Waals surface area contributed by atoms with Crippen LogP contribution < -0.4 is 10.1 Å². The lowest BCUT2D eigenvalue weighted by molar-refractivity contribution is -0.148. The molecule has 7 nitrogen and oxygen atoms in total. The van der Waals surface area contributed by atoms with E-state index in [1.807, 2.05) is 32.0 Å². The van der Waals surface area contributed by atoms with E-state index in [0.29, 0.717) is 5.75 Å². The van der Waals surface area contributed by atoms with Crippen LogP contribution in [0.2, 0.25) is 0 Å². The van der Waals surface area contributed by atoms with E-state index in [4.69, 9.17) is 9.47 Å². The second kappa shape index (κ2) is 10.8. The Bertz CT molecular complexity index is 915. The number of hydrogen-bond acceptors (Lipinski definition) is 5. The first-order valence-corrected chi connectivity index (χ1v) is 9.39. The van der Waals surface area contributed by atoms with E-state index in [0.717, 1.165) is 22.4 Å². The van der Waals surface area contributed by atoms with Gasteiger partial charge in [0, 0.05) is 18.8 Å². The molecule has 30 heavy (non-hydrogen) atoms. The molecule has 0 radical (unpaired) electrons. The minimum atomic E-state index is -0.646. The van der Waals surface area contributed by atoms with Gasteiger partial charge < -0.3 is 19.7 Å². The van der Waals surface area contributed by atoms with Gasteiger partial charge in [-0.2, -0.15) is 0 Å². The zero-order chi connectivity index (χ0) is 22.1. The summed E-state index contributed by atoms with van der Waals surface area (Å²) in [4.78, 5) is 37.4. The minimum absolute atomic E-state index is 0.147. The summed E-state index contributed by atoms with van der Waals surface area (Å²) in [5, 5.41) is 2.82. The van der Waals surface area contributed by atoms with Gasteiger partial charge in [0.05, 0.1) is 13.7 Å². The van der Waals surface area contributed by atoms with Crippen molar-refractivity contribution in [2.75, 3.05) is 32.6 Å². The number of rotatable bonds is 8. The molecule has 2 amide bonds. The third-order valence-corrected chi connectivity index (χ3v) is 4.42. The molecule has 2 aromatic rings. The molecule has 0 aliphatic carbocycles. The number of hydrogen-bond donors (Lipinski definition) is 1. The largest absolute Gasteiger partial charge is 0.497 e. The van der Waals surface area contributed by atoms with Crippen molar-refractivity contribution in [1.29, 1.82) is 0 Å². The van der Waals surface area contributed by atoms with Gasteiger partial charge in [-0.1, -0.05) is 30.3 Å². The molecule has 2 rings (SSSR count). The molecule has 0 saturated carbocycles. The van der Waals surface area contributed by atoms with E-state index in [-0.39, 0.29) is 12.5 Å². The predicted octanol–water partition coefficient (Wildman–Crippen LogP) is 2.97. The van der Waals surface area contributed by atoms with Gasteiger partial charge in [0.2, 0.25) is 5.91 Å². The fourth-order valence-corrected chi connectivity index (χ4v) is 2.66. The van der Waals surface area contributed by atoms with Crippen LogP contribution in [-0.4, -0.2) is 50.0 Å². The minimum Gasteiger partial charge on any atom is -0.497 e. The first kappa shape index (κ1) is 22.7. The maximum Gasteiger partial charge on any atom is 0.331 e. The quantitative estimate of drug-likeness (QED) is 0.534. The number of amides is 2. The standard InChI is InChI=1S/C23H26N2O5/c1-16-6-5-7-17(2)23(16)24-20(26)14-25(3)21(27)15-30-22(28)13-10-18-8-11-19(29-4)12-9-18/h5-13H,14-15H2,1-4H3,(H,24,26)/b13-10+. The van der Waals surface area contributed by atoms with Crippen molar-refractivity contribution >= 4 is 29.5 Å². The van der Waals surface area contributed by atoms with Gasteiger partial charge in [0.15, 0.2) is 6.61 Å². The highest BCUT2D eigenvalue weighted by atomic mass is 16.5. The zero-order valence-electron chi connectivity index (χ0n) is 17.6. The third kappa shape index (κ3) is 6.77. The summed E-state index contributed by atoms with van der Waals surface area (Å²) in [6.07, 6.45) is 2.82. The second-order valence-electron chi connectivity index (χ2n) is 6.78. The fourth-order valence-electron chi connectivity index (χ4n) is 2.66. The molecular formula is C23H26N2O5. The third-order valence-electron chi connectivity index (χ3n) is 4.42. The van der Waals surface area contributed by atoms with E-state index in [1.54, 1.807) is 37.5 Å². The Morgan fingerprint density at radius 3 is 2.27 bits per heavy atom. The number of methoxy groups -OCH3 is 1. The van der Waals surface area contributed by atoms with Gasteiger partial charge in [0.25, 0.3) is 5.91 Å². The molecule has 0 atom stereocenters. The highest BCUT2D eigenvalue weighted by Gasteiger charge is 2.15. The van der Waals surface area contributed by atoms with E-state index >= 15 is 0 Å². The number of nitrogens with one attached hydrogen (secondary N) is 1. The summed E-state index contributed by atoms with van der Waals surface area (Å²) < 4.78 is 10.0. The molecule has 158 valence electrons. The summed E-state index contributed by atoms with van der Waals surface area (Å²) >= 11 is 0. The second-order valence-corrected chi connectivity index (χ2v) is 6.78. The lowest BCUT2D eigenvalue weighted by Gasteiger charge is -2.18. The predicted molar refractivity (Wildman–Crippen MR) is 115 cm³/mol. The van der Waals surface area contributed by atoms with Crippen molar-refractivity contribution in [3.05, 3.63) is 65.2 Å². The average Bonchev–Trinajstić information content (AvgIpc) is 2.73. The Hall–Kier alpha value is -3.61. The Labute approximate surface area is 176 Å². The lowest BCUT2D eigenvalue weighted by Crippen LogP contribution is -2.37. The van der Waals surface area contributed by atoms with Crippen molar-refractivity contribution < 1.29 is 23.9 Å². The van der Waals surface area contributed by atoms with Crippen LogP contribution in [0.1, 0.15) is 16.7 Å². The molecule has 0 bridgehead atoms. The fraction of sp³-hybridized carbons (Fsp3) is 0.261. The normalized spacial score (nSPS) is 10.5. The van der Waals surface area contributed by atoms with E-state index in [1.165, 1.54) is 18.0 Å². The number of likely N-dealkylation sites (N-methyl/N-ethyl adjacent to an activating group) is 1. The first-order valence-electron chi connectivity index (χ1n) is 9.39. The Morgan fingerprint density at radius 1 is 1.03 bits per heavy atom. The van der Waals surface area contributed by atoms with Crippen molar-refractivity contribution in [2.45, 2.75) is 13.8 Å². The van der Waals surface area contributed by atoms with E-state index in [2.05, 4.69) is 5.32 Å². The van der Waals surface area contributed by atoms with Gasteiger partial charge in [-0.3, -0.25) is 9.59 Å². The van der Waals surface area contributed by atoms with Crippen LogP contribution in [0.25, 0.3) is 6.08 Å². The molecule has 0 spiro atoms. The number of aryl methyl sites for hydroxylation is 2. The molecule has 0 aromatic heterocycles. The number of anilines is 1. The SMILES string of the molecule is COc1ccc(/C=C/C(=O)OCC(=O)N(C)CC(=O)Nc2c(C)cccc2C)cc1. The van der Waals surface area contributed by atoms with Gasteiger partial charge in [-0.05, 0) is 48.7 Å². The summed E-state index contributed by atoms with van der Waals surface area (Å²) in [5.74, 6) is -0.732. The van der Waals surface area contributed by atoms with Crippen molar-refractivity contribution in [1.82, 2.24) is 4.90 Å². The summed E-state index contributed by atoms with van der Waals surface area (Å²) in [7, 11) is 3.05. The van der Waals surface area contributed by atoms with Crippen LogP contribution in [0.3, 0.4) is 0 Å². The topological polar surface area (TPSA) is 84.9 Å². The van der Waals surface area contributed by atoms with Crippen LogP contribution in [0.5, 0.6) is 5.75 Å². The van der Waals surface area contributed by atoms with Crippen molar-refractivity contribution in [2.24, 2.45) is 0 Å². The molecular weight excluding hydrogens is 384 g/mol. The lowest BCUT2D eigenvalue weighted by atomic mass is 10.1. The smallest absolute Gasteiger partial charge is 0.331 e. The van der Waals surface area contributed by atoms with E-state index < -0.39 is 18.5 Å². The summed E-state index contributed by atoms with van der Waals surface area (Å²) in [6.45, 7) is 3.21. The van der Waals surface area contributed by atoms with Crippen LogP contribution in [0, 0.1) is 13.8 Å². The zero-order valence-corrected chi connectivity index (χ0v) is 17.6. The number of esters is 1. The Morgan fingerprint density at radius 2 is 1.67 bits per heavy atom. The molecule has 1 N–H and O–H groups in total. The number of benzene rings is 2. The summed E-state index contributed by atoms with van der Waals surface area (Å²) in [5.41, 5.74) is 3.41. The molecule has 0 aliphatic rings. The Kier molecular flexibility index (Phi) is 8.17. The maximum atomic E-state index is 12.2. The highest BCUT2D eigenvalue weighted by Crippen LogP contribution is 2.19. The highest BCUT2D eigenvalue weighted by molar-refractivity contribution is 5.96. The Balaban J connectivity index is 1.79. The van der Waals surface area contributed by atoms with Gasteiger partial charge in [-0.25, -0.2) is 4.79 Å². The van der Waals surface area contributed by atoms with Crippen LogP contribution in [0.4, 0.5) is 5.69 Å². The molecule has 0 saturated heterocycles. The van der Waals surface area contributed by atoms with Crippen LogP contribution >= 0.6 is 0 Å². The van der Waals surface area contributed by atoms with Crippen LogP contribution in [0.15, 0.2) is 48.5 Å². The number of carbonyl (C=O) groups excluding carboxylic acids is 3. The molecule has 0 heterocycles. The van der Waals surface area contributed by atoms with Gasteiger partial charge in [-0.15, -0.1) is 0 Å². The molecule has 7 heteroatoms. The number of nitrogens with zero attached hydrogens (tertiary/aromatic N) is 1. The maximum absolute atomic E-state index is 12.2. The van der Waals surface area contributed by atoms with E-state index in [9.17, 15) is 14.4 Å². The molecule has 0 unspecified atom stereocenters. The monoisotopic (exact) mass is 410 g/mol. The first-order chi connectivity index (χ1) is 14.3. The molecule has 2 aromatic carbocycles. The number of para-hydroxylation sites is 1. The van der Waals surface area contributed by atoms with Gasteiger partial charge >= 0.3 is 5.97 Å². The van der Waals surface area contributed by atoms with Crippen molar-refractivity contribution in [3.63, 3.8) is 0 Å². The van der Waals surface area contributed by atoms with Crippen LogP contribution in [-0.2, 0) is 19.1 Å². The van der Waals surface area contributed by atoms with Crippen molar-refractivity contribution in [3.8, 4) is 5.75 Å². The average molecular weight is 410 g/mol. The number of carbonyl (C=O) groups is 3. The number of ether oxygens (including phenoxy) is 2. The van der Waals surface area contributed by atoms with Gasteiger partial charge in [0.1, 0.15) is 5.75 Å².